The van der Waals surface area contributed by atoms with Crippen molar-refractivity contribution in [1.29, 1.82) is 0 Å². The Hall–Kier alpha value is -1.60. The minimum atomic E-state index is -3.80. The fourth-order valence-corrected chi connectivity index (χ4v) is 6.20. The Morgan fingerprint density at radius 2 is 2.08 bits per heavy atom. The molecule has 1 aromatic carbocycles. The number of methoxy groups -OCH3 is 1. The van der Waals surface area contributed by atoms with Gasteiger partial charge in [0.25, 0.3) is 0 Å². The van der Waals surface area contributed by atoms with Crippen molar-refractivity contribution in [1.82, 2.24) is 4.31 Å². The fraction of sp³-hybridized carbons (Fsp3) is 0.588. The van der Waals surface area contributed by atoms with E-state index in [1.54, 1.807) is 19.1 Å². The van der Waals surface area contributed by atoms with Gasteiger partial charge in [0, 0.05) is 13.1 Å². The molecule has 1 saturated heterocycles. The molecule has 132 valence electrons. The summed E-state index contributed by atoms with van der Waals surface area (Å²) in [7, 11) is -2.35. The number of hydrogen-bond acceptors (Lipinski definition) is 4. The number of aryl methyl sites for hydroxylation is 2. The highest BCUT2D eigenvalue weighted by Gasteiger charge is 2.57. The lowest BCUT2D eigenvalue weighted by atomic mass is 9.81. The van der Waals surface area contributed by atoms with Gasteiger partial charge in [-0.05, 0) is 49.8 Å². The van der Waals surface area contributed by atoms with E-state index in [9.17, 15) is 18.3 Å². The van der Waals surface area contributed by atoms with E-state index in [1.807, 2.05) is 6.92 Å². The zero-order chi connectivity index (χ0) is 17.7. The van der Waals surface area contributed by atoms with Gasteiger partial charge in [-0.25, -0.2) is 8.42 Å². The van der Waals surface area contributed by atoms with E-state index in [4.69, 9.17) is 4.74 Å². The predicted octanol–water partition coefficient (Wildman–Crippen LogP) is 2.19. The Bertz CT molecular complexity index is 788. The Balaban J connectivity index is 2.03. The fourth-order valence-electron chi connectivity index (χ4n) is 4.30. The summed E-state index contributed by atoms with van der Waals surface area (Å²) in [5.74, 6) is -0.675. The molecule has 3 rings (SSSR count). The van der Waals surface area contributed by atoms with Crippen LogP contribution in [0.5, 0.6) is 5.75 Å². The van der Waals surface area contributed by atoms with Crippen LogP contribution in [0.4, 0.5) is 0 Å². The van der Waals surface area contributed by atoms with E-state index in [1.165, 1.54) is 11.4 Å². The molecule has 0 bridgehead atoms. The molecule has 2 aliphatic rings. The van der Waals surface area contributed by atoms with Gasteiger partial charge in [-0.2, -0.15) is 4.31 Å². The summed E-state index contributed by atoms with van der Waals surface area (Å²) in [6, 6.07) is 3.50. The molecule has 1 N–H and O–H groups in total. The summed E-state index contributed by atoms with van der Waals surface area (Å²) in [5.41, 5.74) is 0.607. The van der Waals surface area contributed by atoms with Gasteiger partial charge in [0.1, 0.15) is 10.6 Å². The Morgan fingerprint density at radius 1 is 1.38 bits per heavy atom. The molecule has 6 nitrogen and oxygen atoms in total. The summed E-state index contributed by atoms with van der Waals surface area (Å²) in [6.45, 7) is 3.94. The second kappa shape index (κ2) is 5.74. The highest BCUT2D eigenvalue weighted by molar-refractivity contribution is 7.89. The average molecular weight is 353 g/mol. The molecule has 0 spiro atoms. The first-order valence-electron chi connectivity index (χ1n) is 8.11. The van der Waals surface area contributed by atoms with Crippen LogP contribution in [0.2, 0.25) is 0 Å². The van der Waals surface area contributed by atoms with Gasteiger partial charge in [-0.15, -0.1) is 0 Å². The number of carboxylic acids is 1. The lowest BCUT2D eigenvalue weighted by Gasteiger charge is -2.24. The van der Waals surface area contributed by atoms with Crippen LogP contribution in [0.1, 0.15) is 30.4 Å². The Kier molecular flexibility index (Phi) is 4.12. The van der Waals surface area contributed by atoms with E-state index in [-0.39, 0.29) is 23.9 Å². The Morgan fingerprint density at radius 3 is 2.67 bits per heavy atom. The van der Waals surface area contributed by atoms with Crippen molar-refractivity contribution >= 4 is 16.0 Å². The number of fused-ring (bicyclic) bond motifs is 1. The molecule has 1 aliphatic carbocycles. The summed E-state index contributed by atoms with van der Waals surface area (Å²) in [4.78, 5) is 12.0. The third-order valence-electron chi connectivity index (χ3n) is 5.47. The lowest BCUT2D eigenvalue weighted by Crippen LogP contribution is -2.37. The highest BCUT2D eigenvalue weighted by Crippen LogP contribution is 2.50. The number of ether oxygens (including phenoxy) is 1. The van der Waals surface area contributed by atoms with Crippen molar-refractivity contribution in [3.63, 3.8) is 0 Å². The van der Waals surface area contributed by atoms with E-state index in [0.717, 1.165) is 18.4 Å². The van der Waals surface area contributed by atoms with Crippen LogP contribution in [0.25, 0.3) is 0 Å². The number of carbonyl (C=O) groups is 1. The van der Waals surface area contributed by atoms with Crippen molar-refractivity contribution in [2.75, 3.05) is 20.2 Å². The van der Waals surface area contributed by atoms with Crippen molar-refractivity contribution in [2.45, 2.75) is 38.0 Å². The van der Waals surface area contributed by atoms with Crippen molar-refractivity contribution in [3.05, 3.63) is 23.3 Å². The molecule has 1 aromatic rings. The number of carboxylic acid groups (broad SMARTS) is 1. The first-order chi connectivity index (χ1) is 11.2. The molecule has 0 amide bonds. The van der Waals surface area contributed by atoms with Crippen LogP contribution in [-0.2, 0) is 14.8 Å². The quantitative estimate of drug-likeness (QED) is 0.897. The topological polar surface area (TPSA) is 83.9 Å². The van der Waals surface area contributed by atoms with Crippen LogP contribution >= 0.6 is 0 Å². The van der Waals surface area contributed by atoms with Crippen molar-refractivity contribution < 1.29 is 23.1 Å². The molecular weight excluding hydrogens is 330 g/mol. The molecule has 1 heterocycles. The van der Waals surface area contributed by atoms with Crippen LogP contribution < -0.4 is 4.74 Å². The summed E-state index contributed by atoms with van der Waals surface area (Å²) >= 11 is 0. The average Bonchev–Trinajstić information content (AvgIpc) is 3.03. The van der Waals surface area contributed by atoms with Gasteiger partial charge in [0.15, 0.2) is 0 Å². The number of nitrogens with zero attached hydrogens (tertiary/aromatic N) is 1. The van der Waals surface area contributed by atoms with Gasteiger partial charge in [0.2, 0.25) is 10.0 Å². The van der Waals surface area contributed by atoms with E-state index in [0.29, 0.717) is 17.7 Å². The molecule has 2 fully saturated rings. The first kappa shape index (κ1) is 17.2. The number of aliphatic carboxylic acids is 1. The molecular formula is C17H23NO5S. The van der Waals surface area contributed by atoms with Crippen LogP contribution in [0, 0.1) is 25.2 Å². The maximum atomic E-state index is 13.2. The minimum absolute atomic E-state index is 0.0474. The minimum Gasteiger partial charge on any atom is -0.495 e. The monoisotopic (exact) mass is 353 g/mol. The second-order valence-corrected chi connectivity index (χ2v) is 8.84. The van der Waals surface area contributed by atoms with Gasteiger partial charge >= 0.3 is 5.97 Å². The second-order valence-electron chi connectivity index (χ2n) is 6.96. The molecule has 1 saturated carbocycles. The van der Waals surface area contributed by atoms with Gasteiger partial charge in [-0.1, -0.05) is 12.5 Å². The van der Waals surface area contributed by atoms with Crippen molar-refractivity contribution in [2.24, 2.45) is 11.3 Å². The zero-order valence-corrected chi connectivity index (χ0v) is 15.0. The predicted molar refractivity (Wildman–Crippen MR) is 88.6 cm³/mol. The van der Waals surface area contributed by atoms with Gasteiger partial charge in [0.05, 0.1) is 12.5 Å². The molecule has 0 unspecified atom stereocenters. The number of benzene rings is 1. The maximum Gasteiger partial charge on any atom is 0.311 e. The summed E-state index contributed by atoms with van der Waals surface area (Å²) in [6.07, 6.45) is 2.16. The molecule has 0 radical (unpaired) electrons. The molecule has 0 aromatic heterocycles. The SMILES string of the molecule is COc1cc(C)cc(C)c1S(=O)(=O)N1C[C@@H]2CCC[C@@]2(C(=O)O)C1. The van der Waals surface area contributed by atoms with E-state index < -0.39 is 21.4 Å². The summed E-state index contributed by atoms with van der Waals surface area (Å²) < 4.78 is 33.0. The van der Waals surface area contributed by atoms with Gasteiger partial charge in [-0.3, -0.25) is 4.79 Å². The largest absolute Gasteiger partial charge is 0.495 e. The molecule has 2 atom stereocenters. The Labute approximate surface area is 142 Å². The lowest BCUT2D eigenvalue weighted by molar-refractivity contribution is -0.149. The molecule has 7 heteroatoms. The normalized spacial score (nSPS) is 27.2. The van der Waals surface area contributed by atoms with Crippen LogP contribution in [0.3, 0.4) is 0 Å². The smallest absolute Gasteiger partial charge is 0.311 e. The van der Waals surface area contributed by atoms with Crippen LogP contribution in [-0.4, -0.2) is 44.0 Å². The van der Waals surface area contributed by atoms with Crippen molar-refractivity contribution in [3.8, 4) is 5.75 Å². The highest BCUT2D eigenvalue weighted by atomic mass is 32.2. The van der Waals surface area contributed by atoms with Crippen LogP contribution in [0.15, 0.2) is 17.0 Å². The maximum absolute atomic E-state index is 13.2. The van der Waals surface area contributed by atoms with Gasteiger partial charge < -0.3 is 9.84 Å². The third kappa shape index (κ3) is 2.41. The zero-order valence-electron chi connectivity index (χ0n) is 14.2. The van der Waals surface area contributed by atoms with E-state index in [2.05, 4.69) is 0 Å². The van der Waals surface area contributed by atoms with E-state index >= 15 is 0 Å². The number of rotatable bonds is 4. The third-order valence-corrected chi connectivity index (χ3v) is 7.47. The standard InChI is InChI=1S/C17H23NO5S/c1-11-7-12(2)15(14(8-11)23-3)24(21,22)18-9-13-5-4-6-17(13,10-18)16(19)20/h7-8,13H,4-6,9-10H2,1-3H3,(H,19,20)/t13-,17+/m0/s1. The number of hydrogen-bond donors (Lipinski definition) is 1. The molecule has 1 aliphatic heterocycles. The number of sulfonamides is 1. The molecule has 24 heavy (non-hydrogen) atoms. The summed E-state index contributed by atoms with van der Waals surface area (Å²) in [5, 5.41) is 9.67. The first-order valence-corrected chi connectivity index (χ1v) is 9.55.